The maximum Gasteiger partial charge on any atom is 0.0462 e. The van der Waals surface area contributed by atoms with E-state index in [-0.39, 0.29) is 0 Å². The Balaban J connectivity index is 2.35. The van der Waals surface area contributed by atoms with Crippen molar-refractivity contribution in [3.63, 3.8) is 0 Å². The minimum absolute atomic E-state index is 0.785. The Kier molecular flexibility index (Phi) is 4.92. The van der Waals surface area contributed by atoms with Crippen molar-refractivity contribution in [3.8, 4) is 0 Å². The van der Waals surface area contributed by atoms with Crippen LogP contribution in [0.4, 0.5) is 0 Å². The first kappa shape index (κ1) is 14.4. The standard InChI is InChI=1S/C16H18ClNS/c1-11-7-8-15(12(2)9-11)19-16-6-4-5-14(17)13(16)10-18-3/h4-9,18H,10H2,1-3H3. The van der Waals surface area contributed by atoms with Crippen molar-refractivity contribution in [3.05, 3.63) is 58.1 Å². The summed E-state index contributed by atoms with van der Waals surface area (Å²) in [6.07, 6.45) is 0. The van der Waals surface area contributed by atoms with Crippen molar-refractivity contribution in [2.75, 3.05) is 7.05 Å². The Bertz CT molecular complexity index is 581. The van der Waals surface area contributed by atoms with Crippen LogP contribution in [0.25, 0.3) is 0 Å². The van der Waals surface area contributed by atoms with E-state index in [4.69, 9.17) is 11.6 Å². The molecular formula is C16H18ClNS. The van der Waals surface area contributed by atoms with E-state index in [1.54, 1.807) is 11.8 Å². The van der Waals surface area contributed by atoms with Gasteiger partial charge in [-0.05, 0) is 50.2 Å². The number of hydrogen-bond acceptors (Lipinski definition) is 2. The van der Waals surface area contributed by atoms with Crippen LogP contribution in [0.3, 0.4) is 0 Å². The molecule has 0 saturated carbocycles. The highest BCUT2D eigenvalue weighted by molar-refractivity contribution is 7.99. The van der Waals surface area contributed by atoms with Gasteiger partial charge in [0.15, 0.2) is 0 Å². The molecule has 3 heteroatoms. The van der Waals surface area contributed by atoms with Crippen molar-refractivity contribution in [1.82, 2.24) is 5.32 Å². The van der Waals surface area contributed by atoms with E-state index in [2.05, 4.69) is 43.4 Å². The lowest BCUT2D eigenvalue weighted by Gasteiger charge is -2.12. The zero-order valence-corrected chi connectivity index (χ0v) is 13.0. The number of hydrogen-bond donors (Lipinski definition) is 1. The Morgan fingerprint density at radius 3 is 2.58 bits per heavy atom. The predicted octanol–water partition coefficient (Wildman–Crippen LogP) is 4.83. The lowest BCUT2D eigenvalue weighted by molar-refractivity contribution is 0.803. The monoisotopic (exact) mass is 291 g/mol. The molecule has 0 aromatic heterocycles. The molecule has 0 aliphatic rings. The SMILES string of the molecule is CNCc1c(Cl)cccc1Sc1ccc(C)cc1C. The highest BCUT2D eigenvalue weighted by Gasteiger charge is 2.09. The molecule has 0 amide bonds. The molecule has 0 atom stereocenters. The number of rotatable bonds is 4. The Hall–Kier alpha value is -0.960. The molecule has 19 heavy (non-hydrogen) atoms. The topological polar surface area (TPSA) is 12.0 Å². The summed E-state index contributed by atoms with van der Waals surface area (Å²) in [5.41, 5.74) is 3.76. The first-order valence-corrected chi connectivity index (χ1v) is 7.48. The van der Waals surface area contributed by atoms with Gasteiger partial charge < -0.3 is 5.32 Å². The molecule has 0 radical (unpaired) electrons. The van der Waals surface area contributed by atoms with E-state index < -0.39 is 0 Å². The maximum atomic E-state index is 6.29. The first-order chi connectivity index (χ1) is 9.11. The second-order valence-corrected chi connectivity index (χ2v) is 6.11. The van der Waals surface area contributed by atoms with E-state index in [0.29, 0.717) is 0 Å². The van der Waals surface area contributed by atoms with Crippen LogP contribution >= 0.6 is 23.4 Å². The van der Waals surface area contributed by atoms with E-state index in [1.165, 1.54) is 20.9 Å². The minimum Gasteiger partial charge on any atom is -0.316 e. The van der Waals surface area contributed by atoms with E-state index in [9.17, 15) is 0 Å². The molecule has 0 aliphatic carbocycles. The number of benzene rings is 2. The summed E-state index contributed by atoms with van der Waals surface area (Å²) in [6, 6.07) is 12.6. The van der Waals surface area contributed by atoms with Crippen LogP contribution in [0.1, 0.15) is 16.7 Å². The van der Waals surface area contributed by atoms with E-state index in [0.717, 1.165) is 17.1 Å². The van der Waals surface area contributed by atoms with Crippen molar-refractivity contribution in [2.24, 2.45) is 0 Å². The van der Waals surface area contributed by atoms with Gasteiger partial charge in [-0.15, -0.1) is 0 Å². The quantitative estimate of drug-likeness (QED) is 0.866. The molecular weight excluding hydrogens is 274 g/mol. The minimum atomic E-state index is 0.785. The summed E-state index contributed by atoms with van der Waals surface area (Å²) in [5.74, 6) is 0. The van der Waals surface area contributed by atoms with Gasteiger partial charge in [0, 0.05) is 21.4 Å². The molecule has 0 aliphatic heterocycles. The fourth-order valence-corrected chi connectivity index (χ4v) is 3.36. The zero-order chi connectivity index (χ0) is 13.8. The Morgan fingerprint density at radius 1 is 1.11 bits per heavy atom. The van der Waals surface area contributed by atoms with Crippen molar-refractivity contribution >= 4 is 23.4 Å². The molecule has 2 aromatic carbocycles. The third kappa shape index (κ3) is 3.53. The summed E-state index contributed by atoms with van der Waals surface area (Å²) in [5, 5.41) is 4.00. The third-order valence-electron chi connectivity index (χ3n) is 2.98. The van der Waals surface area contributed by atoms with Crippen molar-refractivity contribution < 1.29 is 0 Å². The molecule has 0 unspecified atom stereocenters. The van der Waals surface area contributed by atoms with E-state index >= 15 is 0 Å². The Labute approximate surface area is 124 Å². The van der Waals surface area contributed by atoms with Crippen molar-refractivity contribution in [2.45, 2.75) is 30.2 Å². The van der Waals surface area contributed by atoms with Gasteiger partial charge in [0.1, 0.15) is 0 Å². The van der Waals surface area contributed by atoms with Crippen LogP contribution in [0.5, 0.6) is 0 Å². The van der Waals surface area contributed by atoms with Gasteiger partial charge in [-0.25, -0.2) is 0 Å². The molecule has 100 valence electrons. The average molecular weight is 292 g/mol. The maximum absolute atomic E-state index is 6.29. The summed E-state index contributed by atoms with van der Waals surface area (Å²) < 4.78 is 0. The summed E-state index contributed by atoms with van der Waals surface area (Å²) in [6.45, 7) is 5.05. The van der Waals surface area contributed by atoms with Crippen LogP contribution in [-0.4, -0.2) is 7.05 Å². The number of aryl methyl sites for hydroxylation is 2. The second-order valence-electron chi connectivity index (χ2n) is 4.62. The van der Waals surface area contributed by atoms with E-state index in [1.807, 2.05) is 19.2 Å². The van der Waals surface area contributed by atoms with Gasteiger partial charge in [0.2, 0.25) is 0 Å². The van der Waals surface area contributed by atoms with Crippen LogP contribution in [0, 0.1) is 13.8 Å². The van der Waals surface area contributed by atoms with Gasteiger partial charge >= 0.3 is 0 Å². The molecule has 2 rings (SSSR count). The van der Waals surface area contributed by atoms with Gasteiger partial charge in [-0.1, -0.05) is 47.1 Å². The Morgan fingerprint density at radius 2 is 1.89 bits per heavy atom. The highest BCUT2D eigenvalue weighted by atomic mass is 35.5. The summed E-state index contributed by atoms with van der Waals surface area (Å²) in [7, 11) is 1.94. The molecule has 1 N–H and O–H groups in total. The van der Waals surface area contributed by atoms with Gasteiger partial charge in [-0.2, -0.15) is 0 Å². The predicted molar refractivity (Wildman–Crippen MR) is 84.3 cm³/mol. The second kappa shape index (κ2) is 6.47. The molecule has 0 saturated heterocycles. The highest BCUT2D eigenvalue weighted by Crippen LogP contribution is 2.35. The van der Waals surface area contributed by atoms with Gasteiger partial charge in [0.05, 0.1) is 0 Å². The van der Waals surface area contributed by atoms with Crippen LogP contribution < -0.4 is 5.32 Å². The number of halogens is 1. The average Bonchev–Trinajstić information content (AvgIpc) is 2.37. The summed E-state index contributed by atoms with van der Waals surface area (Å²) in [4.78, 5) is 2.50. The fourth-order valence-electron chi connectivity index (χ4n) is 2.02. The number of nitrogens with one attached hydrogen (secondary N) is 1. The molecule has 0 fully saturated rings. The molecule has 1 nitrogen and oxygen atoms in total. The van der Waals surface area contributed by atoms with Crippen LogP contribution in [0.15, 0.2) is 46.2 Å². The van der Waals surface area contributed by atoms with Crippen LogP contribution in [0.2, 0.25) is 5.02 Å². The molecule has 0 bridgehead atoms. The zero-order valence-electron chi connectivity index (χ0n) is 11.5. The lowest BCUT2D eigenvalue weighted by atomic mass is 10.2. The molecule has 0 spiro atoms. The normalized spacial score (nSPS) is 10.7. The lowest BCUT2D eigenvalue weighted by Crippen LogP contribution is -2.06. The summed E-state index contributed by atoms with van der Waals surface area (Å²) >= 11 is 8.07. The van der Waals surface area contributed by atoms with Crippen LogP contribution in [-0.2, 0) is 6.54 Å². The van der Waals surface area contributed by atoms with Gasteiger partial charge in [0.25, 0.3) is 0 Å². The first-order valence-electron chi connectivity index (χ1n) is 6.29. The van der Waals surface area contributed by atoms with Gasteiger partial charge in [-0.3, -0.25) is 0 Å². The smallest absolute Gasteiger partial charge is 0.0462 e. The third-order valence-corrected chi connectivity index (χ3v) is 4.61. The fraction of sp³-hybridized carbons (Fsp3) is 0.250. The van der Waals surface area contributed by atoms with Crippen molar-refractivity contribution in [1.29, 1.82) is 0 Å². The largest absolute Gasteiger partial charge is 0.316 e. The molecule has 2 aromatic rings. The molecule has 0 heterocycles.